The van der Waals surface area contributed by atoms with Crippen LogP contribution in [0.5, 0.6) is 11.5 Å². The monoisotopic (exact) mass is 401 g/mol. The van der Waals surface area contributed by atoms with Gasteiger partial charge in [-0.05, 0) is 57.4 Å². The average Bonchev–Trinajstić information content (AvgIpc) is 3.22. The lowest BCUT2D eigenvalue weighted by molar-refractivity contribution is 0.0718. The van der Waals surface area contributed by atoms with Crippen LogP contribution in [-0.2, 0) is 13.0 Å². The number of aromatic hydroxyl groups is 1. The van der Waals surface area contributed by atoms with Crippen LogP contribution in [0.4, 0.5) is 0 Å². The van der Waals surface area contributed by atoms with E-state index in [2.05, 4.69) is 29.2 Å². The topological polar surface area (TPSA) is 83.7 Å². The first kappa shape index (κ1) is 21.1. The molecule has 2 aromatic rings. The summed E-state index contributed by atoms with van der Waals surface area (Å²) in [6.07, 6.45) is 5.91. The van der Waals surface area contributed by atoms with Gasteiger partial charge in [0.15, 0.2) is 17.2 Å². The molecule has 1 saturated heterocycles. The highest BCUT2D eigenvalue weighted by Gasteiger charge is 2.21. The molecule has 1 fully saturated rings. The summed E-state index contributed by atoms with van der Waals surface area (Å²) in [5, 5.41) is 17.9. The van der Waals surface area contributed by atoms with Gasteiger partial charge in [0, 0.05) is 25.7 Å². The molecule has 1 aliphatic heterocycles. The van der Waals surface area contributed by atoms with Crippen molar-refractivity contribution in [3.63, 3.8) is 0 Å². The molecule has 0 spiro atoms. The van der Waals surface area contributed by atoms with E-state index in [9.17, 15) is 9.90 Å². The van der Waals surface area contributed by atoms with Crippen LogP contribution in [0.2, 0.25) is 0 Å². The summed E-state index contributed by atoms with van der Waals surface area (Å²) in [7, 11) is 3.62. The molecule has 1 aromatic carbocycles. The summed E-state index contributed by atoms with van der Waals surface area (Å²) < 4.78 is 6.93. The summed E-state index contributed by atoms with van der Waals surface area (Å²) in [5.74, 6) is 0.628. The van der Waals surface area contributed by atoms with Crippen molar-refractivity contribution in [2.45, 2.75) is 45.2 Å². The number of likely N-dealkylation sites (N-methyl/N-ethyl adjacent to an activating group) is 1. The number of rotatable bonds is 8. The molecule has 1 aromatic heterocycles. The molecule has 8 nitrogen and oxygen atoms in total. The van der Waals surface area contributed by atoms with Crippen molar-refractivity contribution >= 4 is 5.91 Å². The highest BCUT2D eigenvalue weighted by Crippen LogP contribution is 2.27. The van der Waals surface area contributed by atoms with Crippen LogP contribution in [0.15, 0.2) is 24.4 Å². The predicted octanol–water partition coefficient (Wildman–Crippen LogP) is 2.18. The fraction of sp³-hybridized carbons (Fsp3) is 0.571. The molecule has 1 N–H and O–H groups in total. The van der Waals surface area contributed by atoms with Crippen LogP contribution in [0.25, 0.3) is 0 Å². The molecule has 0 radical (unpaired) electrons. The highest BCUT2D eigenvalue weighted by molar-refractivity contribution is 5.91. The van der Waals surface area contributed by atoms with Crippen LogP contribution in [0.1, 0.15) is 42.2 Å². The van der Waals surface area contributed by atoms with Gasteiger partial charge in [-0.1, -0.05) is 11.3 Å². The zero-order valence-corrected chi connectivity index (χ0v) is 17.5. The number of amides is 1. The van der Waals surface area contributed by atoms with E-state index in [1.165, 1.54) is 6.42 Å². The maximum atomic E-state index is 12.5. The molecule has 1 atom stereocenters. The Balaban J connectivity index is 1.50. The van der Waals surface area contributed by atoms with E-state index in [0.717, 1.165) is 44.5 Å². The summed E-state index contributed by atoms with van der Waals surface area (Å²) in [6, 6.07) is 5.74. The van der Waals surface area contributed by atoms with Gasteiger partial charge >= 0.3 is 0 Å². The molecule has 1 amide bonds. The number of hydrogen-bond donors (Lipinski definition) is 1. The van der Waals surface area contributed by atoms with Gasteiger partial charge in [-0.25, -0.2) is 0 Å². The number of ether oxygens (including phenoxy) is 1. The van der Waals surface area contributed by atoms with Gasteiger partial charge in [-0.3, -0.25) is 9.48 Å². The standard InChI is InChI=1S/C21H31N5O3/c1-16(13-17-7-8-19(27)20(14-17)29-3)24(2)11-12-26-15-18(22-23-26)21(28)25-9-5-4-6-10-25/h7-8,14-16,27H,4-6,9-13H2,1-3H3/t16-/m1/s1. The van der Waals surface area contributed by atoms with E-state index >= 15 is 0 Å². The smallest absolute Gasteiger partial charge is 0.276 e. The third-order valence-electron chi connectivity index (χ3n) is 5.61. The van der Waals surface area contributed by atoms with Crippen LogP contribution < -0.4 is 4.74 Å². The average molecular weight is 402 g/mol. The lowest BCUT2D eigenvalue weighted by Crippen LogP contribution is -2.35. The number of methoxy groups -OCH3 is 1. The normalized spacial score (nSPS) is 15.5. The van der Waals surface area contributed by atoms with Gasteiger partial charge in [0.25, 0.3) is 5.91 Å². The zero-order chi connectivity index (χ0) is 20.8. The molecular formula is C21H31N5O3. The Morgan fingerprint density at radius 2 is 2.07 bits per heavy atom. The lowest BCUT2D eigenvalue weighted by atomic mass is 10.1. The number of likely N-dealkylation sites (tertiary alicyclic amines) is 1. The number of carbonyl (C=O) groups excluding carboxylic acids is 1. The molecule has 158 valence electrons. The number of piperidine rings is 1. The minimum Gasteiger partial charge on any atom is -0.504 e. The quantitative estimate of drug-likeness (QED) is 0.730. The van der Waals surface area contributed by atoms with Gasteiger partial charge < -0.3 is 19.6 Å². The first-order chi connectivity index (χ1) is 14.0. The summed E-state index contributed by atoms with van der Waals surface area (Å²) in [6.45, 7) is 5.24. The first-order valence-electron chi connectivity index (χ1n) is 10.2. The van der Waals surface area contributed by atoms with Crippen molar-refractivity contribution in [1.29, 1.82) is 0 Å². The van der Waals surface area contributed by atoms with Crippen LogP contribution in [0, 0.1) is 0 Å². The van der Waals surface area contributed by atoms with E-state index in [0.29, 0.717) is 24.0 Å². The first-order valence-corrected chi connectivity index (χ1v) is 10.2. The van der Waals surface area contributed by atoms with Crippen molar-refractivity contribution in [3.8, 4) is 11.5 Å². The SMILES string of the molecule is COc1cc(C[C@@H](C)N(C)CCn2cc(C(=O)N3CCCCC3)nn2)ccc1O. The van der Waals surface area contributed by atoms with Gasteiger partial charge in [0.05, 0.1) is 19.9 Å². The van der Waals surface area contributed by atoms with Crippen LogP contribution in [0.3, 0.4) is 0 Å². The molecular weight excluding hydrogens is 370 g/mol. The van der Waals surface area contributed by atoms with Crippen LogP contribution >= 0.6 is 0 Å². The van der Waals surface area contributed by atoms with E-state index in [4.69, 9.17) is 4.74 Å². The maximum absolute atomic E-state index is 12.5. The third kappa shape index (κ3) is 5.47. The number of benzene rings is 1. The van der Waals surface area contributed by atoms with Crippen molar-refractivity contribution in [2.24, 2.45) is 0 Å². The van der Waals surface area contributed by atoms with Crippen molar-refractivity contribution in [3.05, 3.63) is 35.7 Å². The van der Waals surface area contributed by atoms with Crippen molar-refractivity contribution in [2.75, 3.05) is 33.8 Å². The van der Waals surface area contributed by atoms with E-state index in [1.54, 1.807) is 24.1 Å². The number of phenols is 1. The Labute approximate surface area is 172 Å². The Morgan fingerprint density at radius 1 is 1.31 bits per heavy atom. The molecule has 3 rings (SSSR count). The number of phenolic OH excluding ortho intramolecular Hbond substituents is 1. The Kier molecular flexibility index (Phi) is 7.09. The fourth-order valence-corrected chi connectivity index (χ4v) is 3.59. The minimum atomic E-state index is -0.0149. The lowest BCUT2D eigenvalue weighted by Gasteiger charge is -2.25. The minimum absolute atomic E-state index is 0.0149. The second kappa shape index (κ2) is 9.73. The molecule has 8 heteroatoms. The number of nitrogens with zero attached hydrogens (tertiary/aromatic N) is 5. The van der Waals surface area contributed by atoms with Gasteiger partial charge in [0.2, 0.25) is 0 Å². The Morgan fingerprint density at radius 3 is 2.79 bits per heavy atom. The maximum Gasteiger partial charge on any atom is 0.276 e. The summed E-state index contributed by atoms with van der Waals surface area (Å²) in [5.41, 5.74) is 1.54. The largest absolute Gasteiger partial charge is 0.504 e. The molecule has 0 bridgehead atoms. The Hall–Kier alpha value is -2.61. The molecule has 2 heterocycles. The van der Waals surface area contributed by atoms with Gasteiger partial charge in [-0.2, -0.15) is 0 Å². The number of hydrogen-bond acceptors (Lipinski definition) is 6. The second-order valence-corrected chi connectivity index (χ2v) is 7.76. The second-order valence-electron chi connectivity index (χ2n) is 7.76. The van der Waals surface area contributed by atoms with Crippen molar-refractivity contribution < 1.29 is 14.6 Å². The number of carbonyl (C=O) groups is 1. The molecule has 1 aliphatic rings. The summed E-state index contributed by atoms with van der Waals surface area (Å²) in [4.78, 5) is 16.6. The number of aromatic nitrogens is 3. The predicted molar refractivity (Wildman–Crippen MR) is 110 cm³/mol. The zero-order valence-electron chi connectivity index (χ0n) is 17.5. The fourth-order valence-electron chi connectivity index (χ4n) is 3.59. The van der Waals surface area contributed by atoms with Gasteiger partial charge in [-0.15, -0.1) is 5.10 Å². The van der Waals surface area contributed by atoms with E-state index in [-0.39, 0.29) is 11.7 Å². The Bertz CT molecular complexity index is 816. The third-order valence-corrected chi connectivity index (χ3v) is 5.61. The van der Waals surface area contributed by atoms with Gasteiger partial charge in [0.1, 0.15) is 0 Å². The van der Waals surface area contributed by atoms with Crippen molar-refractivity contribution in [1.82, 2.24) is 24.8 Å². The van der Waals surface area contributed by atoms with E-state index in [1.807, 2.05) is 17.0 Å². The van der Waals surface area contributed by atoms with E-state index < -0.39 is 0 Å². The molecule has 29 heavy (non-hydrogen) atoms. The molecule has 0 unspecified atom stereocenters. The van der Waals surface area contributed by atoms with Crippen LogP contribution in [-0.4, -0.2) is 75.6 Å². The molecule has 0 aliphatic carbocycles. The molecule has 0 saturated carbocycles. The summed E-state index contributed by atoms with van der Waals surface area (Å²) >= 11 is 0. The highest BCUT2D eigenvalue weighted by atomic mass is 16.5.